The lowest BCUT2D eigenvalue weighted by atomic mass is 10.2. The molecule has 1 aliphatic rings. The summed E-state index contributed by atoms with van der Waals surface area (Å²) in [5.74, 6) is 0. The third kappa shape index (κ3) is 5.11. The fourth-order valence-corrected chi connectivity index (χ4v) is 1.68. The first-order valence-electron chi connectivity index (χ1n) is 5.19. The SMILES string of the molecule is CN(CCOC(F)(F)F)CC1NCCC1O. The molecule has 2 unspecified atom stereocenters. The minimum Gasteiger partial charge on any atom is -0.391 e. The van der Waals surface area contributed by atoms with E-state index < -0.39 is 12.5 Å². The van der Waals surface area contributed by atoms with Crippen molar-refractivity contribution in [2.75, 3.05) is 33.3 Å². The first-order valence-corrected chi connectivity index (χ1v) is 5.19. The maximum Gasteiger partial charge on any atom is 0.522 e. The van der Waals surface area contributed by atoms with Crippen LogP contribution in [-0.4, -0.2) is 61.8 Å². The molecule has 16 heavy (non-hydrogen) atoms. The Hall–Kier alpha value is -0.370. The predicted molar refractivity (Wildman–Crippen MR) is 51.9 cm³/mol. The van der Waals surface area contributed by atoms with Crippen molar-refractivity contribution in [2.24, 2.45) is 0 Å². The van der Waals surface area contributed by atoms with Crippen molar-refractivity contribution >= 4 is 0 Å². The van der Waals surface area contributed by atoms with Gasteiger partial charge in [-0.2, -0.15) is 0 Å². The maximum absolute atomic E-state index is 11.7. The topological polar surface area (TPSA) is 44.7 Å². The standard InChI is InChI=1S/C9H17F3N2O2/c1-14(4-5-16-9(10,11)12)6-7-8(15)2-3-13-7/h7-8,13,15H,2-6H2,1H3. The van der Waals surface area contributed by atoms with Gasteiger partial charge in [-0.15, -0.1) is 13.2 Å². The zero-order chi connectivity index (χ0) is 12.2. The Kier molecular flexibility index (Phi) is 4.97. The van der Waals surface area contributed by atoms with Crippen LogP contribution < -0.4 is 5.32 Å². The summed E-state index contributed by atoms with van der Waals surface area (Å²) in [7, 11) is 1.70. The predicted octanol–water partition coefficient (Wildman–Crippen LogP) is 0.177. The van der Waals surface area contributed by atoms with Crippen LogP contribution in [0.25, 0.3) is 0 Å². The Morgan fingerprint density at radius 1 is 1.50 bits per heavy atom. The molecule has 1 saturated heterocycles. The number of aliphatic hydroxyl groups excluding tert-OH is 1. The molecular weight excluding hydrogens is 225 g/mol. The van der Waals surface area contributed by atoms with Crippen LogP contribution in [0, 0.1) is 0 Å². The molecular formula is C9H17F3N2O2. The van der Waals surface area contributed by atoms with Gasteiger partial charge in [0, 0.05) is 19.1 Å². The molecule has 1 heterocycles. The van der Waals surface area contributed by atoms with Crippen molar-refractivity contribution in [3.8, 4) is 0 Å². The molecule has 96 valence electrons. The van der Waals surface area contributed by atoms with E-state index in [0.717, 1.165) is 6.54 Å². The van der Waals surface area contributed by atoms with Crippen molar-refractivity contribution in [1.29, 1.82) is 0 Å². The third-order valence-corrected chi connectivity index (χ3v) is 2.56. The lowest BCUT2D eigenvalue weighted by molar-refractivity contribution is -0.324. The van der Waals surface area contributed by atoms with Crippen LogP contribution in [0.4, 0.5) is 13.2 Å². The molecule has 2 atom stereocenters. The number of nitrogens with zero attached hydrogens (tertiary/aromatic N) is 1. The molecule has 0 aromatic rings. The van der Waals surface area contributed by atoms with Gasteiger partial charge in [0.25, 0.3) is 0 Å². The fourth-order valence-electron chi connectivity index (χ4n) is 1.68. The molecule has 0 spiro atoms. The minimum atomic E-state index is -4.56. The zero-order valence-electron chi connectivity index (χ0n) is 9.13. The second-order valence-electron chi connectivity index (χ2n) is 3.97. The van der Waals surface area contributed by atoms with Crippen molar-refractivity contribution < 1.29 is 23.0 Å². The summed E-state index contributed by atoms with van der Waals surface area (Å²) in [6.45, 7) is 1.06. The number of hydrogen-bond acceptors (Lipinski definition) is 4. The van der Waals surface area contributed by atoms with Crippen LogP contribution in [0.2, 0.25) is 0 Å². The Balaban J connectivity index is 2.13. The summed E-state index contributed by atoms with van der Waals surface area (Å²) in [5.41, 5.74) is 0. The van der Waals surface area contributed by atoms with E-state index in [1.807, 2.05) is 0 Å². The molecule has 0 amide bonds. The molecule has 1 aliphatic heterocycles. The maximum atomic E-state index is 11.7. The summed E-state index contributed by atoms with van der Waals surface area (Å²) in [6, 6.07) is -0.0594. The first kappa shape index (κ1) is 13.7. The van der Waals surface area contributed by atoms with Gasteiger partial charge in [-0.3, -0.25) is 4.74 Å². The van der Waals surface area contributed by atoms with E-state index in [4.69, 9.17) is 0 Å². The van der Waals surface area contributed by atoms with Crippen LogP contribution >= 0.6 is 0 Å². The Morgan fingerprint density at radius 3 is 2.69 bits per heavy atom. The molecule has 0 radical (unpaired) electrons. The summed E-state index contributed by atoms with van der Waals surface area (Å²) < 4.78 is 38.7. The van der Waals surface area contributed by atoms with Gasteiger partial charge in [-0.25, -0.2) is 0 Å². The van der Waals surface area contributed by atoms with Crippen LogP contribution in [0.1, 0.15) is 6.42 Å². The normalized spacial score (nSPS) is 26.6. The molecule has 1 rings (SSSR count). The van der Waals surface area contributed by atoms with Gasteiger partial charge < -0.3 is 15.3 Å². The number of alkyl halides is 3. The van der Waals surface area contributed by atoms with Crippen LogP contribution in [0.5, 0.6) is 0 Å². The largest absolute Gasteiger partial charge is 0.522 e. The van der Waals surface area contributed by atoms with Crippen molar-refractivity contribution in [2.45, 2.75) is 24.9 Å². The van der Waals surface area contributed by atoms with E-state index in [1.165, 1.54) is 0 Å². The van der Waals surface area contributed by atoms with E-state index in [-0.39, 0.29) is 19.2 Å². The second kappa shape index (κ2) is 5.81. The highest BCUT2D eigenvalue weighted by atomic mass is 19.4. The van der Waals surface area contributed by atoms with Gasteiger partial charge in [0.1, 0.15) is 0 Å². The van der Waals surface area contributed by atoms with Crippen molar-refractivity contribution in [3.05, 3.63) is 0 Å². The van der Waals surface area contributed by atoms with Crippen molar-refractivity contribution in [1.82, 2.24) is 10.2 Å². The van der Waals surface area contributed by atoms with Gasteiger partial charge in [-0.05, 0) is 20.0 Å². The molecule has 0 aromatic carbocycles. The average molecular weight is 242 g/mol. The number of aliphatic hydroxyl groups is 1. The lowest BCUT2D eigenvalue weighted by Crippen LogP contribution is -2.42. The molecule has 0 bridgehead atoms. The third-order valence-electron chi connectivity index (χ3n) is 2.56. The number of rotatable bonds is 5. The van der Waals surface area contributed by atoms with Crippen LogP contribution in [0.3, 0.4) is 0 Å². The first-order chi connectivity index (χ1) is 7.38. The molecule has 2 N–H and O–H groups in total. The number of ether oxygens (including phenoxy) is 1. The highest BCUT2D eigenvalue weighted by molar-refractivity contribution is 4.85. The van der Waals surface area contributed by atoms with Gasteiger partial charge in [0.15, 0.2) is 0 Å². The zero-order valence-corrected chi connectivity index (χ0v) is 9.13. The van der Waals surface area contributed by atoms with Gasteiger partial charge in [0.05, 0.1) is 12.7 Å². The monoisotopic (exact) mass is 242 g/mol. The van der Waals surface area contributed by atoms with E-state index in [2.05, 4.69) is 10.1 Å². The quantitative estimate of drug-likeness (QED) is 0.722. The smallest absolute Gasteiger partial charge is 0.391 e. The van der Waals surface area contributed by atoms with E-state index in [0.29, 0.717) is 13.0 Å². The Labute approximate surface area is 92.4 Å². The van der Waals surface area contributed by atoms with Gasteiger partial charge >= 0.3 is 6.36 Å². The average Bonchev–Trinajstić information content (AvgIpc) is 2.49. The van der Waals surface area contributed by atoms with Gasteiger partial charge in [-0.1, -0.05) is 0 Å². The molecule has 4 nitrogen and oxygen atoms in total. The molecule has 7 heteroatoms. The van der Waals surface area contributed by atoms with Crippen LogP contribution in [0.15, 0.2) is 0 Å². The number of hydrogen-bond donors (Lipinski definition) is 2. The molecule has 0 aliphatic carbocycles. The molecule has 0 saturated carbocycles. The summed E-state index contributed by atoms with van der Waals surface area (Å²) in [4.78, 5) is 1.71. The Morgan fingerprint density at radius 2 is 2.19 bits per heavy atom. The van der Waals surface area contributed by atoms with E-state index in [1.54, 1.807) is 11.9 Å². The lowest BCUT2D eigenvalue weighted by Gasteiger charge is -2.23. The summed E-state index contributed by atoms with van der Waals surface area (Å²) >= 11 is 0. The Bertz CT molecular complexity index is 213. The molecule has 1 fully saturated rings. The number of likely N-dealkylation sites (N-methyl/N-ethyl adjacent to an activating group) is 1. The highest BCUT2D eigenvalue weighted by Gasteiger charge is 2.29. The second-order valence-corrected chi connectivity index (χ2v) is 3.97. The van der Waals surface area contributed by atoms with Gasteiger partial charge in [0.2, 0.25) is 0 Å². The molecule has 0 aromatic heterocycles. The summed E-state index contributed by atoms with van der Waals surface area (Å²) in [5, 5.41) is 12.6. The van der Waals surface area contributed by atoms with E-state index in [9.17, 15) is 18.3 Å². The number of halogens is 3. The minimum absolute atomic E-state index is 0.0594. The number of nitrogens with one attached hydrogen (secondary N) is 1. The fraction of sp³-hybridized carbons (Fsp3) is 1.00. The van der Waals surface area contributed by atoms with Crippen molar-refractivity contribution in [3.63, 3.8) is 0 Å². The highest BCUT2D eigenvalue weighted by Crippen LogP contribution is 2.15. The van der Waals surface area contributed by atoms with E-state index >= 15 is 0 Å². The van der Waals surface area contributed by atoms with Crippen LogP contribution in [-0.2, 0) is 4.74 Å². The summed E-state index contributed by atoms with van der Waals surface area (Å²) in [6.07, 6.45) is -4.28.